The summed E-state index contributed by atoms with van der Waals surface area (Å²) in [6.07, 6.45) is 0.600. The van der Waals surface area contributed by atoms with E-state index in [0.717, 1.165) is 22.4 Å². The van der Waals surface area contributed by atoms with Crippen molar-refractivity contribution in [2.45, 2.75) is 25.3 Å². The molecule has 3 rings (SSSR count). The molecule has 31 heavy (non-hydrogen) atoms. The number of ether oxygens (including phenoxy) is 2. The number of methoxy groups -OCH3 is 1. The van der Waals surface area contributed by atoms with Crippen LogP contribution >= 0.6 is 0 Å². The standard InChI is InChI=1S/C26H27NO4/c1-3-23(19-10-6-4-7-11-19)26(29)31-18-24(28)27-25(20-12-8-5-9-13-20)21-14-16-22(30-2)17-15-21/h4-17,23,25H,3,18H2,1-2H3,(H,27,28)/t23-,25+/m0/s1. The molecule has 5 heteroatoms. The molecule has 0 aliphatic rings. The Morgan fingerprint density at radius 2 is 1.35 bits per heavy atom. The first-order valence-electron chi connectivity index (χ1n) is 10.3. The average Bonchev–Trinajstić information content (AvgIpc) is 2.83. The third-order valence-corrected chi connectivity index (χ3v) is 5.13. The molecule has 0 radical (unpaired) electrons. The number of nitrogens with one attached hydrogen (secondary N) is 1. The van der Waals surface area contributed by atoms with E-state index in [1.807, 2.05) is 91.9 Å². The highest BCUT2D eigenvalue weighted by Crippen LogP contribution is 2.24. The van der Waals surface area contributed by atoms with E-state index in [4.69, 9.17) is 9.47 Å². The predicted octanol–water partition coefficient (Wildman–Crippen LogP) is 4.64. The molecule has 0 spiro atoms. The van der Waals surface area contributed by atoms with Gasteiger partial charge in [0.25, 0.3) is 5.91 Å². The Morgan fingerprint density at radius 1 is 0.806 bits per heavy atom. The monoisotopic (exact) mass is 417 g/mol. The molecule has 3 aromatic rings. The highest BCUT2D eigenvalue weighted by molar-refractivity contribution is 5.83. The summed E-state index contributed by atoms with van der Waals surface area (Å²) in [6, 6.07) is 26.3. The normalized spacial score (nSPS) is 12.5. The van der Waals surface area contributed by atoms with Crippen LogP contribution in [0.5, 0.6) is 5.75 Å². The van der Waals surface area contributed by atoms with Crippen molar-refractivity contribution in [2.24, 2.45) is 0 Å². The van der Waals surface area contributed by atoms with Gasteiger partial charge in [0.05, 0.1) is 19.1 Å². The van der Waals surface area contributed by atoms with Crippen LogP contribution in [0, 0.1) is 0 Å². The van der Waals surface area contributed by atoms with Crippen LogP contribution in [0.15, 0.2) is 84.9 Å². The van der Waals surface area contributed by atoms with Gasteiger partial charge in [0, 0.05) is 0 Å². The molecule has 0 fully saturated rings. The van der Waals surface area contributed by atoms with E-state index in [0.29, 0.717) is 6.42 Å². The SMILES string of the molecule is CC[C@H](C(=O)OCC(=O)N[C@H](c1ccccc1)c1ccc(OC)cc1)c1ccccc1. The molecule has 0 unspecified atom stereocenters. The third kappa shape index (κ3) is 5.95. The number of amides is 1. The molecule has 160 valence electrons. The van der Waals surface area contributed by atoms with E-state index in [-0.39, 0.29) is 24.5 Å². The Bertz CT molecular complexity index is 971. The Hall–Kier alpha value is -3.60. The van der Waals surface area contributed by atoms with Crippen LogP contribution in [-0.2, 0) is 14.3 Å². The molecular formula is C26H27NO4. The van der Waals surface area contributed by atoms with Gasteiger partial charge in [-0.1, -0.05) is 79.7 Å². The van der Waals surface area contributed by atoms with Crippen molar-refractivity contribution in [1.82, 2.24) is 5.32 Å². The fraction of sp³-hybridized carbons (Fsp3) is 0.231. The number of carbonyl (C=O) groups is 2. The Balaban J connectivity index is 1.68. The maximum absolute atomic E-state index is 12.7. The van der Waals surface area contributed by atoms with Crippen LogP contribution in [0.3, 0.4) is 0 Å². The summed E-state index contributed by atoms with van der Waals surface area (Å²) < 4.78 is 10.6. The lowest BCUT2D eigenvalue weighted by molar-refractivity contribution is -0.150. The molecule has 0 bridgehead atoms. The summed E-state index contributed by atoms with van der Waals surface area (Å²) in [4.78, 5) is 25.2. The summed E-state index contributed by atoms with van der Waals surface area (Å²) in [7, 11) is 1.61. The highest BCUT2D eigenvalue weighted by Gasteiger charge is 2.22. The minimum Gasteiger partial charge on any atom is -0.497 e. The second-order valence-corrected chi connectivity index (χ2v) is 7.16. The molecule has 0 aromatic heterocycles. The largest absolute Gasteiger partial charge is 0.497 e. The summed E-state index contributed by atoms with van der Waals surface area (Å²) in [5, 5.41) is 2.98. The van der Waals surface area contributed by atoms with Crippen LogP contribution in [0.4, 0.5) is 0 Å². The van der Waals surface area contributed by atoms with Crippen molar-refractivity contribution >= 4 is 11.9 Å². The fourth-order valence-electron chi connectivity index (χ4n) is 3.46. The average molecular weight is 418 g/mol. The van der Waals surface area contributed by atoms with E-state index >= 15 is 0 Å². The van der Waals surface area contributed by atoms with Crippen LogP contribution in [0.25, 0.3) is 0 Å². The molecule has 1 N–H and O–H groups in total. The molecule has 0 saturated carbocycles. The second-order valence-electron chi connectivity index (χ2n) is 7.16. The Kier molecular flexibility index (Phi) is 7.82. The van der Waals surface area contributed by atoms with Gasteiger partial charge in [-0.05, 0) is 35.2 Å². The lowest BCUT2D eigenvalue weighted by Gasteiger charge is -2.21. The molecule has 0 aliphatic carbocycles. The van der Waals surface area contributed by atoms with Crippen LogP contribution in [0.1, 0.15) is 42.0 Å². The lowest BCUT2D eigenvalue weighted by atomic mass is 9.97. The van der Waals surface area contributed by atoms with E-state index < -0.39 is 5.97 Å². The van der Waals surface area contributed by atoms with Gasteiger partial charge in [-0.25, -0.2) is 0 Å². The second kappa shape index (κ2) is 11.0. The van der Waals surface area contributed by atoms with Crippen molar-refractivity contribution in [3.63, 3.8) is 0 Å². The van der Waals surface area contributed by atoms with Crippen molar-refractivity contribution in [3.8, 4) is 5.75 Å². The van der Waals surface area contributed by atoms with Crippen LogP contribution in [0.2, 0.25) is 0 Å². The highest BCUT2D eigenvalue weighted by atomic mass is 16.5. The Morgan fingerprint density at radius 3 is 1.90 bits per heavy atom. The van der Waals surface area contributed by atoms with Crippen molar-refractivity contribution < 1.29 is 19.1 Å². The molecule has 1 amide bonds. The van der Waals surface area contributed by atoms with Gasteiger partial charge in [0.15, 0.2) is 6.61 Å². The van der Waals surface area contributed by atoms with Gasteiger partial charge < -0.3 is 14.8 Å². The molecule has 2 atom stereocenters. The predicted molar refractivity (Wildman–Crippen MR) is 120 cm³/mol. The van der Waals surface area contributed by atoms with E-state index in [2.05, 4.69) is 5.32 Å². The van der Waals surface area contributed by atoms with E-state index in [1.54, 1.807) is 7.11 Å². The third-order valence-electron chi connectivity index (χ3n) is 5.13. The number of hydrogen-bond acceptors (Lipinski definition) is 4. The van der Waals surface area contributed by atoms with Crippen LogP contribution in [-0.4, -0.2) is 25.6 Å². The summed E-state index contributed by atoms with van der Waals surface area (Å²) >= 11 is 0. The first-order valence-corrected chi connectivity index (χ1v) is 10.3. The minimum absolute atomic E-state index is 0.332. The maximum atomic E-state index is 12.7. The van der Waals surface area contributed by atoms with Crippen molar-refractivity contribution in [3.05, 3.63) is 102 Å². The number of rotatable bonds is 9. The number of hydrogen-bond donors (Lipinski definition) is 1. The van der Waals surface area contributed by atoms with E-state index in [9.17, 15) is 9.59 Å². The van der Waals surface area contributed by atoms with Crippen molar-refractivity contribution in [2.75, 3.05) is 13.7 Å². The zero-order chi connectivity index (χ0) is 22.1. The fourth-order valence-corrected chi connectivity index (χ4v) is 3.46. The zero-order valence-corrected chi connectivity index (χ0v) is 17.8. The van der Waals surface area contributed by atoms with Gasteiger partial charge in [0.1, 0.15) is 5.75 Å². The van der Waals surface area contributed by atoms with Gasteiger partial charge in [-0.15, -0.1) is 0 Å². The first-order chi connectivity index (χ1) is 15.1. The molecule has 3 aromatic carbocycles. The molecule has 0 aliphatic heterocycles. The topological polar surface area (TPSA) is 64.6 Å². The lowest BCUT2D eigenvalue weighted by Crippen LogP contribution is -2.33. The summed E-state index contributed by atoms with van der Waals surface area (Å²) in [5.74, 6) is -0.409. The molecular weight excluding hydrogens is 390 g/mol. The molecule has 5 nitrogen and oxygen atoms in total. The quantitative estimate of drug-likeness (QED) is 0.515. The van der Waals surface area contributed by atoms with Crippen molar-refractivity contribution in [1.29, 1.82) is 0 Å². The number of carbonyl (C=O) groups excluding carboxylic acids is 2. The number of esters is 1. The zero-order valence-electron chi connectivity index (χ0n) is 17.8. The van der Waals surface area contributed by atoms with Crippen LogP contribution < -0.4 is 10.1 Å². The minimum atomic E-state index is -0.399. The van der Waals surface area contributed by atoms with E-state index in [1.165, 1.54) is 0 Å². The maximum Gasteiger partial charge on any atom is 0.313 e. The van der Waals surface area contributed by atoms with Gasteiger partial charge in [-0.3, -0.25) is 9.59 Å². The molecule has 0 saturated heterocycles. The summed E-state index contributed by atoms with van der Waals surface area (Å²) in [6.45, 7) is 1.59. The number of benzene rings is 3. The van der Waals surface area contributed by atoms with Gasteiger partial charge >= 0.3 is 5.97 Å². The first kappa shape index (κ1) is 22.1. The molecule has 0 heterocycles. The smallest absolute Gasteiger partial charge is 0.313 e. The Labute approximate surface area is 183 Å². The van der Waals surface area contributed by atoms with Gasteiger partial charge in [0.2, 0.25) is 0 Å². The van der Waals surface area contributed by atoms with Gasteiger partial charge in [-0.2, -0.15) is 0 Å². The summed E-state index contributed by atoms with van der Waals surface area (Å²) in [5.41, 5.74) is 2.72.